The number of aryl methyl sites for hydroxylation is 2. The molecule has 3 heterocycles. The number of hydrogen-bond acceptors (Lipinski definition) is 4. The molecule has 2 aromatic heterocycles. The van der Waals surface area contributed by atoms with Gasteiger partial charge in [0.25, 0.3) is 0 Å². The Labute approximate surface area is 131 Å². The molecule has 0 aliphatic carbocycles. The monoisotopic (exact) mass is 302 g/mol. The fourth-order valence-electron chi connectivity index (χ4n) is 3.16. The first-order valence-electron chi connectivity index (χ1n) is 8.16. The Morgan fingerprint density at radius 3 is 2.91 bits per heavy atom. The third-order valence-electron chi connectivity index (χ3n) is 4.39. The van der Waals surface area contributed by atoms with E-state index in [4.69, 9.17) is 0 Å². The van der Waals surface area contributed by atoms with Crippen LogP contribution in [0.25, 0.3) is 0 Å². The van der Waals surface area contributed by atoms with Crippen molar-refractivity contribution < 1.29 is 0 Å². The number of aromatic amines is 1. The van der Waals surface area contributed by atoms with Gasteiger partial charge < -0.3 is 9.88 Å². The molecule has 1 aliphatic rings. The van der Waals surface area contributed by atoms with Crippen molar-refractivity contribution in [1.29, 1.82) is 0 Å². The quantitative estimate of drug-likeness (QED) is 0.906. The zero-order chi connectivity index (χ0) is 15.7. The maximum atomic E-state index is 4.29. The highest BCUT2D eigenvalue weighted by atomic mass is 15.3. The minimum absolute atomic E-state index is 0.0941. The largest absolute Gasteiger partial charge is 0.313 e. The molecule has 0 aromatic carbocycles. The molecule has 1 atom stereocenters. The van der Waals surface area contributed by atoms with E-state index in [0.29, 0.717) is 6.04 Å². The van der Waals surface area contributed by atoms with E-state index in [2.05, 4.69) is 58.0 Å². The maximum Gasteiger partial charge on any atom is 0.133 e. The minimum Gasteiger partial charge on any atom is -0.313 e. The lowest BCUT2D eigenvalue weighted by Gasteiger charge is -2.26. The second kappa shape index (κ2) is 5.83. The van der Waals surface area contributed by atoms with Crippen LogP contribution in [0.15, 0.2) is 6.20 Å². The topological polar surface area (TPSA) is 71.4 Å². The molecule has 0 amide bonds. The highest BCUT2D eigenvalue weighted by Gasteiger charge is 2.24. The van der Waals surface area contributed by atoms with Gasteiger partial charge in [0.05, 0.1) is 6.20 Å². The SMILES string of the molecule is CCc1nnc2n1C[C@H](NCc1cn[nH]c1C(C)(C)C)CC2. The number of fused-ring (bicyclic) bond motifs is 1. The summed E-state index contributed by atoms with van der Waals surface area (Å²) in [5.41, 5.74) is 2.57. The summed E-state index contributed by atoms with van der Waals surface area (Å²) >= 11 is 0. The van der Waals surface area contributed by atoms with E-state index >= 15 is 0 Å². The van der Waals surface area contributed by atoms with Crippen molar-refractivity contribution >= 4 is 0 Å². The Morgan fingerprint density at radius 2 is 2.18 bits per heavy atom. The number of aromatic nitrogens is 5. The van der Waals surface area contributed by atoms with Crippen LogP contribution in [0.2, 0.25) is 0 Å². The minimum atomic E-state index is 0.0941. The molecule has 2 aromatic rings. The Bertz CT molecular complexity index is 620. The normalized spacial score (nSPS) is 18.5. The van der Waals surface area contributed by atoms with Crippen LogP contribution in [0.3, 0.4) is 0 Å². The van der Waals surface area contributed by atoms with Crippen molar-refractivity contribution in [3.8, 4) is 0 Å². The van der Waals surface area contributed by atoms with Crippen molar-refractivity contribution in [2.45, 2.75) is 71.5 Å². The van der Waals surface area contributed by atoms with Crippen LogP contribution in [-0.2, 0) is 31.3 Å². The summed E-state index contributed by atoms with van der Waals surface area (Å²) < 4.78 is 2.28. The van der Waals surface area contributed by atoms with E-state index in [0.717, 1.165) is 44.0 Å². The second-order valence-electron chi connectivity index (χ2n) is 7.13. The summed E-state index contributed by atoms with van der Waals surface area (Å²) in [6.45, 7) is 10.6. The average molecular weight is 302 g/mol. The molecular weight excluding hydrogens is 276 g/mol. The maximum absolute atomic E-state index is 4.29. The van der Waals surface area contributed by atoms with Gasteiger partial charge in [0, 0.05) is 48.6 Å². The van der Waals surface area contributed by atoms with Crippen LogP contribution in [-0.4, -0.2) is 31.0 Å². The Morgan fingerprint density at radius 1 is 1.36 bits per heavy atom. The third kappa shape index (κ3) is 2.92. The third-order valence-corrected chi connectivity index (χ3v) is 4.39. The molecule has 22 heavy (non-hydrogen) atoms. The summed E-state index contributed by atoms with van der Waals surface area (Å²) in [7, 11) is 0. The summed E-state index contributed by atoms with van der Waals surface area (Å²) in [4.78, 5) is 0. The number of nitrogens with one attached hydrogen (secondary N) is 2. The molecular formula is C16H26N6. The first-order chi connectivity index (χ1) is 10.5. The number of hydrogen-bond donors (Lipinski definition) is 2. The van der Waals surface area contributed by atoms with Gasteiger partial charge >= 0.3 is 0 Å². The zero-order valence-electron chi connectivity index (χ0n) is 14.0. The molecule has 6 heteroatoms. The Kier molecular flexibility index (Phi) is 4.04. The highest BCUT2D eigenvalue weighted by molar-refractivity contribution is 5.23. The Balaban J connectivity index is 1.65. The van der Waals surface area contributed by atoms with Gasteiger partial charge in [0.2, 0.25) is 0 Å². The lowest BCUT2D eigenvalue weighted by Crippen LogP contribution is -2.37. The summed E-state index contributed by atoms with van der Waals surface area (Å²) in [6, 6.07) is 0.469. The number of nitrogens with zero attached hydrogens (tertiary/aromatic N) is 4. The second-order valence-corrected chi connectivity index (χ2v) is 7.13. The summed E-state index contributed by atoms with van der Waals surface area (Å²) in [5.74, 6) is 2.23. The molecule has 0 saturated carbocycles. The molecule has 0 radical (unpaired) electrons. The van der Waals surface area contributed by atoms with Gasteiger partial charge in [-0.05, 0) is 6.42 Å². The van der Waals surface area contributed by atoms with E-state index in [1.54, 1.807) is 0 Å². The molecule has 1 aliphatic heterocycles. The van der Waals surface area contributed by atoms with Gasteiger partial charge in [-0.2, -0.15) is 5.10 Å². The molecule has 120 valence electrons. The Hall–Kier alpha value is -1.69. The molecule has 0 bridgehead atoms. The van der Waals surface area contributed by atoms with Gasteiger partial charge in [-0.25, -0.2) is 0 Å². The first-order valence-corrected chi connectivity index (χ1v) is 8.16. The van der Waals surface area contributed by atoms with Crippen LogP contribution in [0.4, 0.5) is 0 Å². The van der Waals surface area contributed by atoms with Gasteiger partial charge in [-0.15, -0.1) is 10.2 Å². The molecule has 0 saturated heterocycles. The van der Waals surface area contributed by atoms with Crippen molar-refractivity contribution in [3.63, 3.8) is 0 Å². The molecule has 0 spiro atoms. The van der Waals surface area contributed by atoms with Gasteiger partial charge in [-0.3, -0.25) is 5.10 Å². The molecule has 0 unspecified atom stereocenters. The molecule has 0 fully saturated rings. The predicted molar refractivity (Wildman–Crippen MR) is 85.6 cm³/mol. The van der Waals surface area contributed by atoms with E-state index < -0.39 is 0 Å². The van der Waals surface area contributed by atoms with E-state index in [9.17, 15) is 0 Å². The standard InChI is InChI=1S/C16H26N6/c1-5-13-19-20-14-7-6-12(10-22(13)14)17-8-11-9-18-21-15(11)16(2,3)4/h9,12,17H,5-8,10H2,1-4H3,(H,18,21)/t12-/m1/s1. The van der Waals surface area contributed by atoms with Crippen LogP contribution < -0.4 is 5.32 Å². The fourth-order valence-corrected chi connectivity index (χ4v) is 3.16. The van der Waals surface area contributed by atoms with E-state index in [1.807, 2.05) is 6.20 Å². The van der Waals surface area contributed by atoms with E-state index in [1.165, 1.54) is 11.3 Å². The summed E-state index contributed by atoms with van der Waals surface area (Å²) in [5, 5.41) is 19.6. The van der Waals surface area contributed by atoms with Crippen LogP contribution in [0.1, 0.15) is 57.0 Å². The molecule has 3 rings (SSSR count). The van der Waals surface area contributed by atoms with E-state index in [-0.39, 0.29) is 5.41 Å². The van der Waals surface area contributed by atoms with Crippen molar-refractivity contribution in [2.24, 2.45) is 0 Å². The predicted octanol–water partition coefficient (Wildman–Crippen LogP) is 1.97. The van der Waals surface area contributed by atoms with Crippen molar-refractivity contribution in [1.82, 2.24) is 30.3 Å². The van der Waals surface area contributed by atoms with Crippen LogP contribution >= 0.6 is 0 Å². The molecule has 2 N–H and O–H groups in total. The van der Waals surface area contributed by atoms with Crippen LogP contribution in [0, 0.1) is 0 Å². The van der Waals surface area contributed by atoms with Gasteiger partial charge in [0.1, 0.15) is 11.6 Å². The molecule has 6 nitrogen and oxygen atoms in total. The fraction of sp³-hybridized carbons (Fsp3) is 0.688. The highest BCUT2D eigenvalue weighted by Crippen LogP contribution is 2.23. The van der Waals surface area contributed by atoms with Crippen molar-refractivity contribution in [3.05, 3.63) is 29.1 Å². The number of rotatable bonds is 4. The lowest BCUT2D eigenvalue weighted by atomic mass is 9.89. The van der Waals surface area contributed by atoms with Gasteiger partial charge in [0.15, 0.2) is 0 Å². The zero-order valence-corrected chi connectivity index (χ0v) is 14.0. The first kappa shape index (κ1) is 15.2. The lowest BCUT2D eigenvalue weighted by molar-refractivity contribution is 0.372. The summed E-state index contributed by atoms with van der Waals surface area (Å²) in [6.07, 6.45) is 5.00. The van der Waals surface area contributed by atoms with Gasteiger partial charge in [-0.1, -0.05) is 27.7 Å². The number of H-pyrrole nitrogens is 1. The van der Waals surface area contributed by atoms with Crippen LogP contribution in [0.5, 0.6) is 0 Å². The average Bonchev–Trinajstić information content (AvgIpc) is 3.10. The van der Waals surface area contributed by atoms with Crippen molar-refractivity contribution in [2.75, 3.05) is 0 Å². The smallest absolute Gasteiger partial charge is 0.133 e.